The molecule has 1 aliphatic heterocycles. The van der Waals surface area contributed by atoms with Gasteiger partial charge in [0.1, 0.15) is 0 Å². The minimum Gasteiger partial charge on any atom is -0.356 e. The Kier molecular flexibility index (Phi) is 6.10. The molecule has 0 aromatic carbocycles. The highest BCUT2D eigenvalue weighted by Gasteiger charge is 2.23. The van der Waals surface area contributed by atoms with Crippen LogP contribution in [0.5, 0.6) is 0 Å². The number of amides is 1. The van der Waals surface area contributed by atoms with Crippen LogP contribution in [0.15, 0.2) is 0 Å². The summed E-state index contributed by atoms with van der Waals surface area (Å²) in [5.41, 5.74) is 0. The molecular formula is C11H22N2OS. The van der Waals surface area contributed by atoms with Crippen molar-refractivity contribution in [2.24, 2.45) is 5.92 Å². The van der Waals surface area contributed by atoms with Gasteiger partial charge in [-0.25, -0.2) is 0 Å². The number of carbonyl (C=O) groups is 1. The van der Waals surface area contributed by atoms with Crippen molar-refractivity contribution in [3.63, 3.8) is 0 Å². The van der Waals surface area contributed by atoms with Crippen LogP contribution >= 0.6 is 11.8 Å². The molecule has 1 heterocycles. The SMILES string of the molecule is CSCCCNC(=O)C1CCNC(C)C1. The van der Waals surface area contributed by atoms with Crippen molar-refractivity contribution in [1.82, 2.24) is 10.6 Å². The van der Waals surface area contributed by atoms with Crippen LogP contribution in [0.3, 0.4) is 0 Å². The van der Waals surface area contributed by atoms with E-state index in [1.54, 1.807) is 0 Å². The van der Waals surface area contributed by atoms with Crippen LogP contribution in [-0.4, -0.2) is 37.0 Å². The lowest BCUT2D eigenvalue weighted by atomic mass is 9.92. The van der Waals surface area contributed by atoms with Crippen molar-refractivity contribution >= 4 is 17.7 Å². The molecule has 0 saturated carbocycles. The summed E-state index contributed by atoms with van der Waals surface area (Å²) in [7, 11) is 0. The van der Waals surface area contributed by atoms with Gasteiger partial charge >= 0.3 is 0 Å². The molecule has 1 saturated heterocycles. The van der Waals surface area contributed by atoms with Gasteiger partial charge in [-0.3, -0.25) is 4.79 Å². The van der Waals surface area contributed by atoms with Crippen LogP contribution in [0.1, 0.15) is 26.2 Å². The van der Waals surface area contributed by atoms with E-state index in [2.05, 4.69) is 23.8 Å². The predicted octanol–water partition coefficient (Wildman–Crippen LogP) is 1.24. The first-order valence-electron chi connectivity index (χ1n) is 5.74. The van der Waals surface area contributed by atoms with Gasteiger partial charge in [0.25, 0.3) is 0 Å². The molecule has 2 N–H and O–H groups in total. The normalized spacial score (nSPS) is 26.3. The molecule has 1 fully saturated rings. The van der Waals surface area contributed by atoms with E-state index < -0.39 is 0 Å². The van der Waals surface area contributed by atoms with Crippen LogP contribution in [0.2, 0.25) is 0 Å². The Bertz CT molecular complexity index is 199. The third kappa shape index (κ3) is 4.89. The number of piperidine rings is 1. The van der Waals surface area contributed by atoms with Crippen molar-refractivity contribution in [3.8, 4) is 0 Å². The minimum absolute atomic E-state index is 0.232. The van der Waals surface area contributed by atoms with Crippen LogP contribution in [0.25, 0.3) is 0 Å². The molecule has 1 rings (SSSR count). The third-order valence-corrected chi connectivity index (χ3v) is 3.52. The summed E-state index contributed by atoms with van der Waals surface area (Å²) < 4.78 is 0. The van der Waals surface area contributed by atoms with Crippen molar-refractivity contribution in [2.75, 3.05) is 25.1 Å². The first-order chi connectivity index (χ1) is 7.24. The van der Waals surface area contributed by atoms with E-state index in [0.29, 0.717) is 6.04 Å². The first-order valence-corrected chi connectivity index (χ1v) is 7.13. The monoisotopic (exact) mass is 230 g/mol. The smallest absolute Gasteiger partial charge is 0.223 e. The number of hydrogen-bond acceptors (Lipinski definition) is 3. The van der Waals surface area contributed by atoms with Crippen molar-refractivity contribution in [3.05, 3.63) is 0 Å². The zero-order valence-corrected chi connectivity index (χ0v) is 10.5. The standard InChI is InChI=1S/C11H22N2OS/c1-9-8-10(4-6-12-9)11(14)13-5-3-7-15-2/h9-10,12H,3-8H2,1-2H3,(H,13,14). The second kappa shape index (κ2) is 7.12. The molecular weight excluding hydrogens is 208 g/mol. The summed E-state index contributed by atoms with van der Waals surface area (Å²) in [6.45, 7) is 3.95. The maximum Gasteiger partial charge on any atom is 0.223 e. The lowest BCUT2D eigenvalue weighted by molar-refractivity contribution is -0.126. The molecule has 4 heteroatoms. The zero-order valence-electron chi connectivity index (χ0n) is 9.71. The molecule has 2 atom stereocenters. The highest BCUT2D eigenvalue weighted by molar-refractivity contribution is 7.98. The Morgan fingerprint density at radius 3 is 3.07 bits per heavy atom. The number of rotatable bonds is 5. The Hall–Kier alpha value is -0.220. The van der Waals surface area contributed by atoms with Gasteiger partial charge in [-0.1, -0.05) is 0 Å². The molecule has 1 aliphatic rings. The van der Waals surface area contributed by atoms with Gasteiger partial charge in [-0.2, -0.15) is 11.8 Å². The van der Waals surface area contributed by atoms with E-state index in [4.69, 9.17) is 0 Å². The number of thioether (sulfide) groups is 1. The Morgan fingerprint density at radius 2 is 2.40 bits per heavy atom. The highest BCUT2D eigenvalue weighted by atomic mass is 32.2. The van der Waals surface area contributed by atoms with E-state index in [1.165, 1.54) is 0 Å². The third-order valence-electron chi connectivity index (χ3n) is 2.82. The fourth-order valence-electron chi connectivity index (χ4n) is 1.94. The predicted molar refractivity (Wildman–Crippen MR) is 66.2 cm³/mol. The second-order valence-corrected chi connectivity index (χ2v) is 5.20. The molecule has 88 valence electrons. The number of hydrogen-bond donors (Lipinski definition) is 2. The molecule has 0 spiro atoms. The molecule has 3 nitrogen and oxygen atoms in total. The minimum atomic E-state index is 0.232. The molecule has 0 bridgehead atoms. The van der Waals surface area contributed by atoms with Gasteiger partial charge in [-0.05, 0) is 44.7 Å². The van der Waals surface area contributed by atoms with E-state index >= 15 is 0 Å². The largest absolute Gasteiger partial charge is 0.356 e. The van der Waals surface area contributed by atoms with Crippen LogP contribution in [0, 0.1) is 5.92 Å². The van der Waals surface area contributed by atoms with Crippen LogP contribution in [0.4, 0.5) is 0 Å². The van der Waals surface area contributed by atoms with E-state index in [9.17, 15) is 4.79 Å². The Morgan fingerprint density at radius 1 is 1.60 bits per heavy atom. The van der Waals surface area contributed by atoms with Gasteiger partial charge in [0.2, 0.25) is 5.91 Å². The van der Waals surface area contributed by atoms with Crippen LogP contribution < -0.4 is 10.6 Å². The molecule has 0 aromatic heterocycles. The lowest BCUT2D eigenvalue weighted by Gasteiger charge is -2.27. The molecule has 2 unspecified atom stereocenters. The summed E-state index contributed by atoms with van der Waals surface area (Å²) in [4.78, 5) is 11.8. The summed E-state index contributed by atoms with van der Waals surface area (Å²) in [6.07, 6.45) is 5.14. The maximum absolute atomic E-state index is 11.8. The molecule has 0 aliphatic carbocycles. The Labute approximate surface area is 96.8 Å². The van der Waals surface area contributed by atoms with Crippen molar-refractivity contribution in [2.45, 2.75) is 32.2 Å². The maximum atomic E-state index is 11.8. The zero-order chi connectivity index (χ0) is 11.1. The van der Waals surface area contributed by atoms with Gasteiger partial charge in [-0.15, -0.1) is 0 Å². The second-order valence-electron chi connectivity index (χ2n) is 4.21. The van der Waals surface area contributed by atoms with E-state index in [0.717, 1.165) is 38.1 Å². The summed E-state index contributed by atoms with van der Waals surface area (Å²) in [5.74, 6) is 1.61. The molecule has 0 radical (unpaired) electrons. The van der Waals surface area contributed by atoms with E-state index in [-0.39, 0.29) is 11.8 Å². The fraction of sp³-hybridized carbons (Fsp3) is 0.909. The van der Waals surface area contributed by atoms with E-state index in [1.807, 2.05) is 11.8 Å². The number of nitrogens with one attached hydrogen (secondary N) is 2. The average molecular weight is 230 g/mol. The van der Waals surface area contributed by atoms with Crippen molar-refractivity contribution < 1.29 is 4.79 Å². The number of carbonyl (C=O) groups excluding carboxylic acids is 1. The summed E-state index contributed by atoms with van der Waals surface area (Å²) in [6, 6.07) is 0.487. The van der Waals surface area contributed by atoms with Crippen LogP contribution in [-0.2, 0) is 4.79 Å². The quantitative estimate of drug-likeness (QED) is 0.698. The topological polar surface area (TPSA) is 41.1 Å². The van der Waals surface area contributed by atoms with Crippen molar-refractivity contribution in [1.29, 1.82) is 0 Å². The molecule has 15 heavy (non-hydrogen) atoms. The first kappa shape index (κ1) is 12.8. The van der Waals surface area contributed by atoms with Gasteiger partial charge in [0.15, 0.2) is 0 Å². The summed E-state index contributed by atoms with van der Waals surface area (Å²) >= 11 is 1.83. The van der Waals surface area contributed by atoms with Gasteiger partial charge < -0.3 is 10.6 Å². The Balaban J connectivity index is 2.15. The van der Waals surface area contributed by atoms with Gasteiger partial charge in [0, 0.05) is 18.5 Å². The summed E-state index contributed by atoms with van der Waals surface area (Å²) in [5, 5.41) is 6.39. The molecule has 1 amide bonds. The highest BCUT2D eigenvalue weighted by Crippen LogP contribution is 2.15. The lowest BCUT2D eigenvalue weighted by Crippen LogP contribution is -2.42. The molecule has 0 aromatic rings. The van der Waals surface area contributed by atoms with Gasteiger partial charge in [0.05, 0.1) is 0 Å². The fourth-order valence-corrected chi connectivity index (χ4v) is 2.38. The average Bonchev–Trinajstić information content (AvgIpc) is 2.24.